The van der Waals surface area contributed by atoms with Gasteiger partial charge >= 0.3 is 0 Å². The molecule has 5 heteroatoms. The summed E-state index contributed by atoms with van der Waals surface area (Å²) in [6.07, 6.45) is 6.88. The summed E-state index contributed by atoms with van der Waals surface area (Å²) in [6, 6.07) is 2.00. The third-order valence-corrected chi connectivity index (χ3v) is 5.08. The molecule has 2 aromatic rings. The molecule has 0 spiro atoms. The molecule has 0 amide bonds. The fraction of sp³-hybridized carbons (Fsp3) is 0.600. The molecule has 0 aliphatic carbocycles. The first-order chi connectivity index (χ1) is 9.67. The van der Waals surface area contributed by atoms with E-state index >= 15 is 0 Å². The molecule has 0 aliphatic rings. The molecule has 0 saturated heterocycles. The van der Waals surface area contributed by atoms with Gasteiger partial charge in [-0.3, -0.25) is 9.36 Å². The third-order valence-electron chi connectivity index (χ3n) is 3.56. The van der Waals surface area contributed by atoms with Crippen LogP contribution in [-0.2, 0) is 13.0 Å². The molecule has 0 unspecified atom stereocenters. The van der Waals surface area contributed by atoms with E-state index in [2.05, 4.69) is 18.8 Å². The average molecular weight is 310 g/mol. The fourth-order valence-electron chi connectivity index (χ4n) is 2.35. The molecule has 2 rings (SSSR count). The number of nitrogens with one attached hydrogen (secondary N) is 1. The quantitative estimate of drug-likeness (QED) is 0.597. The first kappa shape index (κ1) is 15.4. The highest BCUT2D eigenvalue weighted by atomic mass is 32.1. The Morgan fingerprint density at radius 2 is 2.00 bits per heavy atom. The Labute approximate surface area is 128 Å². The summed E-state index contributed by atoms with van der Waals surface area (Å²) in [5.74, 6) is 0. The molecule has 1 N–H and O–H groups in total. The van der Waals surface area contributed by atoms with Gasteiger partial charge in [0.05, 0.1) is 5.39 Å². The normalized spacial score (nSPS) is 11.3. The molecule has 0 atom stereocenters. The van der Waals surface area contributed by atoms with Crippen LogP contribution in [-0.4, -0.2) is 9.55 Å². The lowest BCUT2D eigenvalue weighted by Gasteiger charge is -2.06. The second kappa shape index (κ2) is 7.18. The van der Waals surface area contributed by atoms with Gasteiger partial charge in [0.25, 0.3) is 5.56 Å². The summed E-state index contributed by atoms with van der Waals surface area (Å²) >= 11 is 6.96. The number of aromatic amines is 1. The molecule has 0 radical (unpaired) electrons. The van der Waals surface area contributed by atoms with Crippen LogP contribution in [0.2, 0.25) is 0 Å². The second-order valence-electron chi connectivity index (χ2n) is 5.11. The minimum atomic E-state index is 0.0650. The van der Waals surface area contributed by atoms with E-state index in [1.165, 1.54) is 24.1 Å². The van der Waals surface area contributed by atoms with Crippen molar-refractivity contribution in [1.82, 2.24) is 9.55 Å². The van der Waals surface area contributed by atoms with Crippen molar-refractivity contribution in [1.29, 1.82) is 0 Å². The van der Waals surface area contributed by atoms with Crippen LogP contribution in [0.3, 0.4) is 0 Å². The van der Waals surface area contributed by atoms with Gasteiger partial charge in [0.1, 0.15) is 4.83 Å². The molecule has 2 heterocycles. The predicted molar refractivity (Wildman–Crippen MR) is 89.4 cm³/mol. The standard InChI is InChI=1S/C15H22N2OS2/c1-3-5-6-7-8-9-17-14(18)12-10-11(4-2)20-13(12)16-15(17)19/h10H,3-9H2,1-2H3,(H,16,19). The molecule has 0 aliphatic heterocycles. The molecule has 0 saturated carbocycles. The Kier molecular flexibility index (Phi) is 5.54. The Morgan fingerprint density at radius 3 is 2.70 bits per heavy atom. The van der Waals surface area contributed by atoms with Crippen molar-refractivity contribution in [2.24, 2.45) is 0 Å². The van der Waals surface area contributed by atoms with Crippen molar-refractivity contribution >= 4 is 33.8 Å². The van der Waals surface area contributed by atoms with E-state index in [0.717, 1.165) is 36.0 Å². The molecule has 0 bridgehead atoms. The molecule has 20 heavy (non-hydrogen) atoms. The van der Waals surface area contributed by atoms with Crippen LogP contribution in [0, 0.1) is 4.77 Å². The van der Waals surface area contributed by atoms with Gasteiger partial charge in [0.15, 0.2) is 4.77 Å². The van der Waals surface area contributed by atoms with Crippen molar-refractivity contribution in [2.45, 2.75) is 58.9 Å². The smallest absolute Gasteiger partial charge is 0.263 e. The highest BCUT2D eigenvalue weighted by Crippen LogP contribution is 2.21. The zero-order valence-corrected chi connectivity index (χ0v) is 13.8. The Balaban J connectivity index is 2.20. The monoisotopic (exact) mass is 310 g/mol. The zero-order valence-electron chi connectivity index (χ0n) is 12.2. The maximum Gasteiger partial charge on any atom is 0.263 e. The lowest BCUT2D eigenvalue weighted by molar-refractivity contribution is 0.552. The van der Waals surface area contributed by atoms with Crippen molar-refractivity contribution < 1.29 is 0 Å². The maximum atomic E-state index is 12.5. The summed E-state index contributed by atoms with van der Waals surface area (Å²) in [6.45, 7) is 5.04. The van der Waals surface area contributed by atoms with Crippen molar-refractivity contribution in [3.05, 3.63) is 26.1 Å². The number of hydrogen-bond donors (Lipinski definition) is 1. The molecule has 0 aromatic carbocycles. The van der Waals surface area contributed by atoms with Crippen LogP contribution in [0.25, 0.3) is 10.2 Å². The first-order valence-electron chi connectivity index (χ1n) is 7.43. The van der Waals surface area contributed by atoms with Crippen molar-refractivity contribution in [3.8, 4) is 0 Å². The van der Waals surface area contributed by atoms with Crippen molar-refractivity contribution in [3.63, 3.8) is 0 Å². The Hall–Kier alpha value is -0.940. The van der Waals surface area contributed by atoms with Crippen LogP contribution >= 0.6 is 23.6 Å². The number of aryl methyl sites for hydroxylation is 1. The van der Waals surface area contributed by atoms with Crippen LogP contribution in [0.5, 0.6) is 0 Å². The summed E-state index contributed by atoms with van der Waals surface area (Å²) in [5.41, 5.74) is 0.0650. The van der Waals surface area contributed by atoms with Crippen molar-refractivity contribution in [2.75, 3.05) is 0 Å². The van der Waals surface area contributed by atoms with Crippen LogP contribution < -0.4 is 5.56 Å². The summed E-state index contributed by atoms with van der Waals surface area (Å²) < 4.78 is 2.28. The van der Waals surface area contributed by atoms with Gasteiger partial charge in [-0.25, -0.2) is 0 Å². The van der Waals surface area contributed by atoms with Gasteiger partial charge in [-0.05, 0) is 31.1 Å². The summed E-state index contributed by atoms with van der Waals surface area (Å²) in [7, 11) is 0. The number of H-pyrrole nitrogens is 1. The average Bonchev–Trinajstić information content (AvgIpc) is 2.85. The van der Waals surface area contributed by atoms with Gasteiger partial charge in [-0.15, -0.1) is 11.3 Å². The van der Waals surface area contributed by atoms with E-state index in [0.29, 0.717) is 4.77 Å². The first-order valence-corrected chi connectivity index (χ1v) is 8.65. The summed E-state index contributed by atoms with van der Waals surface area (Å²) in [5, 5.41) is 0.786. The molecule has 0 fully saturated rings. The van der Waals surface area contributed by atoms with Gasteiger partial charge < -0.3 is 4.98 Å². The lowest BCUT2D eigenvalue weighted by Crippen LogP contribution is -2.21. The number of thiophene rings is 1. The van der Waals surface area contributed by atoms with Gasteiger partial charge in [-0.1, -0.05) is 39.5 Å². The van der Waals surface area contributed by atoms with Crippen LogP contribution in [0.1, 0.15) is 50.8 Å². The van der Waals surface area contributed by atoms with Gasteiger partial charge in [-0.2, -0.15) is 0 Å². The van der Waals surface area contributed by atoms with Gasteiger partial charge in [0.2, 0.25) is 0 Å². The van der Waals surface area contributed by atoms with Gasteiger partial charge in [0, 0.05) is 11.4 Å². The molecular formula is C15H22N2OS2. The van der Waals surface area contributed by atoms with Crippen LogP contribution in [0.4, 0.5) is 0 Å². The number of aromatic nitrogens is 2. The third kappa shape index (κ3) is 3.38. The number of rotatable bonds is 7. The second-order valence-corrected chi connectivity index (χ2v) is 6.63. The SMILES string of the molecule is CCCCCCCn1c(=S)[nH]c2sc(CC)cc2c1=O. The minimum absolute atomic E-state index is 0.0650. The van der Waals surface area contributed by atoms with E-state index in [1.807, 2.05) is 6.07 Å². The predicted octanol–water partition coefficient (Wildman–Crippen LogP) is 4.65. The molecule has 2 aromatic heterocycles. The van der Waals surface area contributed by atoms with Crippen LogP contribution in [0.15, 0.2) is 10.9 Å². The van der Waals surface area contributed by atoms with E-state index in [9.17, 15) is 4.79 Å². The molecule has 110 valence electrons. The van der Waals surface area contributed by atoms with E-state index in [4.69, 9.17) is 12.2 Å². The molecular weight excluding hydrogens is 288 g/mol. The lowest BCUT2D eigenvalue weighted by atomic mass is 10.1. The number of nitrogens with zero attached hydrogens (tertiary/aromatic N) is 1. The Bertz CT molecular complexity index is 681. The maximum absolute atomic E-state index is 12.5. The molecule has 3 nitrogen and oxygen atoms in total. The number of hydrogen-bond acceptors (Lipinski definition) is 3. The largest absolute Gasteiger partial charge is 0.323 e. The zero-order chi connectivity index (χ0) is 14.5. The number of unbranched alkanes of at least 4 members (excludes halogenated alkanes) is 4. The highest BCUT2D eigenvalue weighted by Gasteiger charge is 2.08. The van der Waals surface area contributed by atoms with E-state index in [-0.39, 0.29) is 5.56 Å². The highest BCUT2D eigenvalue weighted by molar-refractivity contribution is 7.71. The minimum Gasteiger partial charge on any atom is -0.323 e. The Morgan fingerprint density at radius 1 is 1.25 bits per heavy atom. The number of fused-ring (bicyclic) bond motifs is 1. The van der Waals surface area contributed by atoms with E-state index < -0.39 is 0 Å². The summed E-state index contributed by atoms with van der Waals surface area (Å²) in [4.78, 5) is 17.8. The topological polar surface area (TPSA) is 37.8 Å². The van der Waals surface area contributed by atoms with E-state index in [1.54, 1.807) is 15.9 Å². The fourth-order valence-corrected chi connectivity index (χ4v) is 3.67.